The second-order valence-electron chi connectivity index (χ2n) is 5.46. The molecule has 2 aromatic heterocycles. The van der Waals surface area contributed by atoms with E-state index in [-0.39, 0.29) is 0 Å². The van der Waals surface area contributed by atoms with Gasteiger partial charge in [-0.3, -0.25) is 4.98 Å². The third kappa shape index (κ3) is 2.08. The number of hydrogen-bond acceptors (Lipinski definition) is 1. The van der Waals surface area contributed by atoms with Gasteiger partial charge in [-0.25, -0.2) is 13.2 Å². The van der Waals surface area contributed by atoms with Gasteiger partial charge in [-0.2, -0.15) is 0 Å². The molecule has 0 atom stereocenters. The number of H-pyrrole nitrogens is 1. The van der Waals surface area contributed by atoms with Crippen molar-refractivity contribution in [2.24, 2.45) is 0 Å². The lowest BCUT2D eigenvalue weighted by Gasteiger charge is -2.04. The number of hydrogen-bond donors (Lipinski definition) is 1. The van der Waals surface area contributed by atoms with E-state index >= 15 is 0 Å². The van der Waals surface area contributed by atoms with E-state index in [4.69, 9.17) is 0 Å². The van der Waals surface area contributed by atoms with Crippen molar-refractivity contribution in [3.05, 3.63) is 65.7 Å². The van der Waals surface area contributed by atoms with E-state index in [9.17, 15) is 13.2 Å². The van der Waals surface area contributed by atoms with Gasteiger partial charge in [0.15, 0.2) is 17.5 Å². The Kier molecular flexibility index (Phi) is 2.91. The number of pyridine rings is 1. The summed E-state index contributed by atoms with van der Waals surface area (Å²) in [5.74, 6) is -3.85. The Hall–Kier alpha value is -2.82. The fraction of sp³-hybridized carbons (Fsp3) is 0.0556. The first-order valence-corrected chi connectivity index (χ1v) is 7.06. The summed E-state index contributed by atoms with van der Waals surface area (Å²) < 4.78 is 40.0. The molecular formula is C18H11F3N2. The first-order valence-electron chi connectivity index (χ1n) is 7.06. The highest BCUT2D eigenvalue weighted by Gasteiger charge is 2.13. The van der Waals surface area contributed by atoms with Gasteiger partial charge in [0.2, 0.25) is 0 Å². The van der Waals surface area contributed by atoms with Crippen molar-refractivity contribution < 1.29 is 13.2 Å². The van der Waals surface area contributed by atoms with Gasteiger partial charge in [0.05, 0.1) is 11.2 Å². The lowest BCUT2D eigenvalue weighted by Crippen LogP contribution is -1.91. The normalized spacial score (nSPS) is 11.5. The number of aromatic amines is 1. The van der Waals surface area contributed by atoms with Crippen molar-refractivity contribution in [3.63, 3.8) is 0 Å². The topological polar surface area (TPSA) is 28.7 Å². The lowest BCUT2D eigenvalue weighted by molar-refractivity contribution is 0.448. The molecule has 4 aromatic rings. The fourth-order valence-corrected chi connectivity index (χ4v) is 2.86. The van der Waals surface area contributed by atoms with E-state index in [2.05, 4.69) is 9.97 Å². The Morgan fingerprint density at radius 3 is 2.35 bits per heavy atom. The number of aromatic nitrogens is 2. The smallest absolute Gasteiger partial charge is 0.194 e. The van der Waals surface area contributed by atoms with Crippen LogP contribution in [0.5, 0.6) is 0 Å². The Balaban J connectivity index is 1.99. The van der Waals surface area contributed by atoms with Crippen LogP contribution in [0.2, 0.25) is 0 Å². The van der Waals surface area contributed by atoms with Gasteiger partial charge in [-0.15, -0.1) is 0 Å². The predicted octanol–water partition coefficient (Wildman–Crippen LogP) is 5.11. The fourth-order valence-electron chi connectivity index (χ4n) is 2.86. The van der Waals surface area contributed by atoms with Gasteiger partial charge in [-0.05, 0) is 48.4 Å². The first-order chi connectivity index (χ1) is 11.0. The summed E-state index contributed by atoms with van der Waals surface area (Å²) in [7, 11) is 0. The number of nitrogens with one attached hydrogen (secondary N) is 1. The summed E-state index contributed by atoms with van der Waals surface area (Å²) in [6.45, 7) is 1.91. The molecule has 0 radical (unpaired) electrons. The Labute approximate surface area is 129 Å². The average Bonchev–Trinajstić information content (AvgIpc) is 2.91. The van der Waals surface area contributed by atoms with Crippen LogP contribution in [0.3, 0.4) is 0 Å². The standard InChI is InChI=1S/C18H11F3N2/c1-9-18-12(4-5-22-9)13-6-10(2-3-16(13)23-18)11-7-14(19)17(21)15(20)8-11/h2-8,23H,1H3. The van der Waals surface area contributed by atoms with Crippen LogP contribution >= 0.6 is 0 Å². The van der Waals surface area contributed by atoms with Crippen LogP contribution in [0.15, 0.2) is 42.6 Å². The Morgan fingerprint density at radius 1 is 0.870 bits per heavy atom. The molecule has 2 nitrogen and oxygen atoms in total. The van der Waals surface area contributed by atoms with Crippen molar-refractivity contribution in [1.29, 1.82) is 0 Å². The van der Waals surface area contributed by atoms with Crippen LogP contribution in [0.25, 0.3) is 32.9 Å². The molecule has 5 heteroatoms. The van der Waals surface area contributed by atoms with Gasteiger partial charge in [-0.1, -0.05) is 6.07 Å². The third-order valence-electron chi connectivity index (χ3n) is 4.03. The molecule has 2 aromatic carbocycles. The molecule has 1 N–H and O–H groups in total. The summed E-state index contributed by atoms with van der Waals surface area (Å²) in [4.78, 5) is 7.53. The second kappa shape index (κ2) is 4.84. The highest BCUT2D eigenvalue weighted by Crippen LogP contribution is 2.31. The molecule has 0 saturated heterocycles. The first kappa shape index (κ1) is 13.8. The van der Waals surface area contributed by atoms with E-state index in [1.807, 2.05) is 25.1 Å². The van der Waals surface area contributed by atoms with Crippen molar-refractivity contribution in [2.75, 3.05) is 0 Å². The Morgan fingerprint density at radius 2 is 1.61 bits per heavy atom. The molecule has 0 amide bonds. The number of halogens is 3. The van der Waals surface area contributed by atoms with Crippen LogP contribution in [-0.2, 0) is 0 Å². The molecule has 0 aliphatic rings. The minimum absolute atomic E-state index is 0.295. The second-order valence-corrected chi connectivity index (χ2v) is 5.46. The SMILES string of the molecule is Cc1nccc2c1[nH]c1ccc(-c3cc(F)c(F)c(F)c3)cc12. The third-order valence-corrected chi connectivity index (χ3v) is 4.03. The van der Waals surface area contributed by atoms with Crippen molar-refractivity contribution >= 4 is 21.8 Å². The summed E-state index contributed by atoms with van der Waals surface area (Å²) >= 11 is 0. The van der Waals surface area contributed by atoms with Crippen LogP contribution in [0.1, 0.15) is 5.69 Å². The van der Waals surface area contributed by atoms with Crippen molar-refractivity contribution in [3.8, 4) is 11.1 Å². The average molecular weight is 312 g/mol. The van der Waals surface area contributed by atoms with Gasteiger partial charge in [0.25, 0.3) is 0 Å². The predicted molar refractivity (Wildman–Crippen MR) is 83.6 cm³/mol. The highest BCUT2D eigenvalue weighted by molar-refractivity contribution is 6.09. The molecule has 0 unspecified atom stereocenters. The number of benzene rings is 2. The zero-order valence-corrected chi connectivity index (χ0v) is 12.1. The molecule has 23 heavy (non-hydrogen) atoms. The van der Waals surface area contributed by atoms with E-state index < -0.39 is 17.5 Å². The van der Waals surface area contributed by atoms with E-state index in [1.165, 1.54) is 0 Å². The monoisotopic (exact) mass is 312 g/mol. The van der Waals surface area contributed by atoms with Gasteiger partial charge < -0.3 is 4.98 Å². The highest BCUT2D eigenvalue weighted by atomic mass is 19.2. The van der Waals surface area contributed by atoms with Crippen LogP contribution in [0, 0.1) is 24.4 Å². The van der Waals surface area contributed by atoms with Crippen LogP contribution in [-0.4, -0.2) is 9.97 Å². The van der Waals surface area contributed by atoms with E-state index in [0.29, 0.717) is 11.1 Å². The summed E-state index contributed by atoms with van der Waals surface area (Å²) in [5.41, 5.74) is 3.62. The molecule has 4 rings (SSSR count). The Bertz CT molecular complexity index is 1040. The molecular weight excluding hydrogens is 301 g/mol. The molecule has 0 aliphatic carbocycles. The van der Waals surface area contributed by atoms with Gasteiger partial charge in [0, 0.05) is 22.5 Å². The molecule has 0 fully saturated rings. The maximum atomic E-state index is 13.5. The quantitative estimate of drug-likeness (QED) is 0.486. The summed E-state index contributed by atoms with van der Waals surface area (Å²) in [6.07, 6.45) is 1.72. The van der Waals surface area contributed by atoms with Crippen LogP contribution < -0.4 is 0 Å². The largest absolute Gasteiger partial charge is 0.353 e. The lowest BCUT2D eigenvalue weighted by atomic mass is 10.0. The van der Waals surface area contributed by atoms with E-state index in [0.717, 1.165) is 39.6 Å². The molecule has 0 bridgehead atoms. The zero-order chi connectivity index (χ0) is 16.1. The maximum absolute atomic E-state index is 13.5. The van der Waals surface area contributed by atoms with Crippen molar-refractivity contribution in [2.45, 2.75) is 6.92 Å². The van der Waals surface area contributed by atoms with Crippen LogP contribution in [0.4, 0.5) is 13.2 Å². The number of aryl methyl sites for hydroxylation is 1. The minimum Gasteiger partial charge on any atom is -0.353 e. The summed E-state index contributed by atoms with van der Waals surface area (Å²) in [5, 5.41) is 1.91. The minimum atomic E-state index is -1.45. The zero-order valence-electron chi connectivity index (χ0n) is 12.1. The number of rotatable bonds is 1. The maximum Gasteiger partial charge on any atom is 0.194 e. The van der Waals surface area contributed by atoms with E-state index in [1.54, 1.807) is 12.3 Å². The number of nitrogens with zero attached hydrogens (tertiary/aromatic N) is 1. The molecule has 0 saturated carbocycles. The molecule has 0 spiro atoms. The number of fused-ring (bicyclic) bond motifs is 3. The van der Waals surface area contributed by atoms with Gasteiger partial charge in [0.1, 0.15) is 0 Å². The van der Waals surface area contributed by atoms with Gasteiger partial charge >= 0.3 is 0 Å². The summed E-state index contributed by atoms with van der Waals surface area (Å²) in [6, 6.07) is 9.30. The van der Waals surface area contributed by atoms with Crippen molar-refractivity contribution in [1.82, 2.24) is 9.97 Å². The molecule has 0 aliphatic heterocycles. The molecule has 114 valence electrons. The molecule has 2 heterocycles.